The number of nitro benzene ring substituents is 1. The van der Waals surface area contributed by atoms with Crippen molar-refractivity contribution in [3.63, 3.8) is 0 Å². The number of hydrogen-bond acceptors (Lipinski definition) is 7. The van der Waals surface area contributed by atoms with Crippen molar-refractivity contribution < 1.29 is 27.6 Å². The summed E-state index contributed by atoms with van der Waals surface area (Å²) in [4.78, 5) is 21.9. The molecule has 28 heavy (non-hydrogen) atoms. The SMILES string of the molecule is O=C(CCNS(=O)(=O)c1ccc([N+](=O)[O-])cc1)Nc1ccc2c(c1)OCCO2. The van der Waals surface area contributed by atoms with Gasteiger partial charge in [0.2, 0.25) is 15.9 Å². The molecule has 0 spiro atoms. The maximum Gasteiger partial charge on any atom is 0.269 e. The van der Waals surface area contributed by atoms with Gasteiger partial charge in [0.15, 0.2) is 11.5 Å². The molecular weight excluding hydrogens is 390 g/mol. The molecule has 0 radical (unpaired) electrons. The van der Waals surface area contributed by atoms with E-state index in [0.717, 1.165) is 24.3 Å². The van der Waals surface area contributed by atoms with Crippen LogP contribution in [0.3, 0.4) is 0 Å². The fourth-order valence-electron chi connectivity index (χ4n) is 2.47. The Kier molecular flexibility index (Phi) is 5.76. The monoisotopic (exact) mass is 407 g/mol. The van der Waals surface area contributed by atoms with Gasteiger partial charge in [0, 0.05) is 36.9 Å². The minimum atomic E-state index is -3.87. The largest absolute Gasteiger partial charge is 0.486 e. The van der Waals surface area contributed by atoms with Crippen molar-refractivity contribution in [2.24, 2.45) is 0 Å². The maximum atomic E-state index is 12.2. The van der Waals surface area contributed by atoms with Crippen LogP contribution >= 0.6 is 0 Å². The molecule has 11 heteroatoms. The summed E-state index contributed by atoms with van der Waals surface area (Å²) in [7, 11) is -3.87. The van der Waals surface area contributed by atoms with Gasteiger partial charge >= 0.3 is 0 Å². The number of rotatable bonds is 7. The van der Waals surface area contributed by atoms with Crippen LogP contribution in [0.2, 0.25) is 0 Å². The molecule has 1 aliphatic rings. The van der Waals surface area contributed by atoms with Crippen molar-refractivity contribution in [3.8, 4) is 11.5 Å². The van der Waals surface area contributed by atoms with Crippen molar-refractivity contribution in [1.29, 1.82) is 0 Å². The molecule has 0 saturated heterocycles. The van der Waals surface area contributed by atoms with Crippen LogP contribution in [0.5, 0.6) is 11.5 Å². The van der Waals surface area contributed by atoms with Crippen LogP contribution in [0.1, 0.15) is 6.42 Å². The van der Waals surface area contributed by atoms with Gasteiger partial charge in [0.1, 0.15) is 13.2 Å². The molecule has 0 atom stereocenters. The van der Waals surface area contributed by atoms with Crippen LogP contribution in [0.25, 0.3) is 0 Å². The van der Waals surface area contributed by atoms with Crippen molar-refractivity contribution in [3.05, 3.63) is 52.6 Å². The van der Waals surface area contributed by atoms with E-state index in [2.05, 4.69) is 10.0 Å². The zero-order valence-electron chi connectivity index (χ0n) is 14.6. The Bertz CT molecular complexity index is 990. The van der Waals surface area contributed by atoms with Crippen LogP contribution in [0, 0.1) is 10.1 Å². The molecule has 0 bridgehead atoms. The Morgan fingerprint density at radius 2 is 1.75 bits per heavy atom. The molecule has 0 aliphatic carbocycles. The molecule has 10 nitrogen and oxygen atoms in total. The smallest absolute Gasteiger partial charge is 0.269 e. The van der Waals surface area contributed by atoms with Gasteiger partial charge in [-0.3, -0.25) is 14.9 Å². The number of nitrogens with one attached hydrogen (secondary N) is 2. The van der Waals surface area contributed by atoms with Gasteiger partial charge < -0.3 is 14.8 Å². The summed E-state index contributed by atoms with van der Waals surface area (Å²) in [5.41, 5.74) is 0.297. The Balaban J connectivity index is 1.52. The summed E-state index contributed by atoms with van der Waals surface area (Å²) in [6.07, 6.45) is -0.0966. The van der Waals surface area contributed by atoms with Gasteiger partial charge in [-0.25, -0.2) is 13.1 Å². The lowest BCUT2D eigenvalue weighted by atomic mass is 10.2. The quantitative estimate of drug-likeness (QED) is 0.526. The number of benzene rings is 2. The predicted octanol–water partition coefficient (Wildman–Crippen LogP) is 1.67. The normalized spacial score (nSPS) is 13.0. The average Bonchev–Trinajstić information content (AvgIpc) is 2.68. The molecular formula is C17H17N3O7S. The fourth-order valence-corrected chi connectivity index (χ4v) is 3.51. The second kappa shape index (κ2) is 8.23. The van der Waals surface area contributed by atoms with E-state index in [1.54, 1.807) is 18.2 Å². The van der Waals surface area contributed by atoms with E-state index in [1.807, 2.05) is 0 Å². The summed E-state index contributed by atoms with van der Waals surface area (Å²) < 4.78 is 37.5. The predicted molar refractivity (Wildman–Crippen MR) is 99.0 cm³/mol. The molecule has 3 rings (SSSR count). The van der Waals surface area contributed by atoms with E-state index in [4.69, 9.17) is 9.47 Å². The zero-order chi connectivity index (χ0) is 20.1. The summed E-state index contributed by atoms with van der Waals surface area (Å²) in [5.74, 6) is 0.742. The Hall–Kier alpha value is -3.18. The first-order chi connectivity index (χ1) is 13.3. The number of sulfonamides is 1. The minimum Gasteiger partial charge on any atom is -0.486 e. The van der Waals surface area contributed by atoms with Crippen LogP contribution in [-0.2, 0) is 14.8 Å². The molecule has 1 amide bonds. The van der Waals surface area contributed by atoms with Gasteiger partial charge in [-0.2, -0.15) is 0 Å². The van der Waals surface area contributed by atoms with E-state index < -0.39 is 14.9 Å². The molecule has 0 aromatic heterocycles. The summed E-state index contributed by atoms with van der Waals surface area (Å²) in [6, 6.07) is 9.44. The number of carbonyl (C=O) groups is 1. The Labute approximate surface area is 160 Å². The summed E-state index contributed by atoms with van der Waals surface area (Å²) >= 11 is 0. The maximum absolute atomic E-state index is 12.2. The van der Waals surface area contributed by atoms with Gasteiger partial charge in [0.05, 0.1) is 9.82 Å². The number of fused-ring (bicyclic) bond motifs is 1. The molecule has 1 heterocycles. The highest BCUT2D eigenvalue weighted by Crippen LogP contribution is 2.32. The second-order valence-corrected chi connectivity index (χ2v) is 7.57. The number of nitrogens with zero attached hydrogens (tertiary/aromatic N) is 1. The molecule has 2 aromatic rings. The lowest BCUT2D eigenvalue weighted by Gasteiger charge is -2.19. The zero-order valence-corrected chi connectivity index (χ0v) is 15.4. The molecule has 1 aliphatic heterocycles. The van der Waals surface area contributed by atoms with Crippen LogP contribution in [0.15, 0.2) is 47.4 Å². The van der Waals surface area contributed by atoms with E-state index in [-0.39, 0.29) is 29.5 Å². The first-order valence-electron chi connectivity index (χ1n) is 8.29. The third-order valence-corrected chi connectivity index (χ3v) is 5.30. The number of ether oxygens (including phenoxy) is 2. The topological polar surface area (TPSA) is 137 Å². The fraction of sp³-hybridized carbons (Fsp3) is 0.235. The first-order valence-corrected chi connectivity index (χ1v) is 9.77. The molecule has 2 N–H and O–H groups in total. The number of hydrogen-bond donors (Lipinski definition) is 2. The molecule has 0 saturated carbocycles. The van der Waals surface area contributed by atoms with Crippen molar-refractivity contribution >= 4 is 27.3 Å². The molecule has 0 fully saturated rings. The highest BCUT2D eigenvalue weighted by atomic mass is 32.2. The number of amides is 1. The second-order valence-electron chi connectivity index (χ2n) is 5.81. The van der Waals surface area contributed by atoms with Crippen molar-refractivity contribution in [2.75, 3.05) is 25.1 Å². The van der Waals surface area contributed by atoms with E-state index in [0.29, 0.717) is 30.4 Å². The summed E-state index contributed by atoms with van der Waals surface area (Å²) in [6.45, 7) is 0.762. The number of anilines is 1. The van der Waals surface area contributed by atoms with Crippen LogP contribution < -0.4 is 19.5 Å². The molecule has 0 unspecified atom stereocenters. The van der Waals surface area contributed by atoms with Crippen molar-refractivity contribution in [2.45, 2.75) is 11.3 Å². The number of nitro groups is 1. The van der Waals surface area contributed by atoms with Crippen LogP contribution in [0.4, 0.5) is 11.4 Å². The standard InChI is InChI=1S/C17H17N3O7S/c21-17(19-12-1-6-15-16(11-12)27-10-9-26-15)7-8-18-28(24,25)14-4-2-13(3-5-14)20(22)23/h1-6,11,18H,7-10H2,(H,19,21). The highest BCUT2D eigenvalue weighted by Gasteiger charge is 2.17. The van der Waals surface area contributed by atoms with Crippen LogP contribution in [-0.4, -0.2) is 39.0 Å². The van der Waals surface area contributed by atoms with Crippen molar-refractivity contribution in [1.82, 2.24) is 4.72 Å². The van der Waals surface area contributed by atoms with Gasteiger partial charge in [-0.05, 0) is 24.3 Å². The Morgan fingerprint density at radius 3 is 2.43 bits per heavy atom. The molecule has 148 valence electrons. The lowest BCUT2D eigenvalue weighted by Crippen LogP contribution is -2.27. The number of carbonyl (C=O) groups excluding carboxylic acids is 1. The van der Waals surface area contributed by atoms with E-state index >= 15 is 0 Å². The van der Waals surface area contributed by atoms with E-state index in [9.17, 15) is 23.3 Å². The summed E-state index contributed by atoms with van der Waals surface area (Å²) in [5, 5.41) is 13.3. The van der Waals surface area contributed by atoms with E-state index in [1.165, 1.54) is 0 Å². The minimum absolute atomic E-state index is 0.0966. The third kappa shape index (κ3) is 4.75. The van der Waals surface area contributed by atoms with Gasteiger partial charge in [-0.15, -0.1) is 0 Å². The lowest BCUT2D eigenvalue weighted by molar-refractivity contribution is -0.384. The number of non-ortho nitro benzene ring substituents is 1. The van der Waals surface area contributed by atoms with Gasteiger partial charge in [0.25, 0.3) is 5.69 Å². The van der Waals surface area contributed by atoms with Gasteiger partial charge in [-0.1, -0.05) is 0 Å². The third-order valence-electron chi connectivity index (χ3n) is 3.83. The average molecular weight is 407 g/mol. The first kappa shape index (κ1) is 19.6. The highest BCUT2D eigenvalue weighted by molar-refractivity contribution is 7.89. The molecule has 2 aromatic carbocycles. The Morgan fingerprint density at radius 1 is 1.07 bits per heavy atom.